The number of nitrogens with zero attached hydrogens (tertiary/aromatic N) is 2. The van der Waals surface area contributed by atoms with Crippen molar-refractivity contribution in [3.05, 3.63) is 48.6 Å². The molecule has 0 radical (unpaired) electrons. The van der Waals surface area contributed by atoms with Crippen LogP contribution in [0.1, 0.15) is 0 Å². The Labute approximate surface area is 241 Å². The molecule has 0 aromatic rings. The van der Waals surface area contributed by atoms with Crippen LogP contribution in [0.15, 0.2) is 48.6 Å². The van der Waals surface area contributed by atoms with Gasteiger partial charge in [-0.1, -0.05) is 48.6 Å². The van der Waals surface area contributed by atoms with E-state index in [1.807, 2.05) is 0 Å². The summed E-state index contributed by atoms with van der Waals surface area (Å²) in [6.45, 7) is -0.759. The van der Waals surface area contributed by atoms with E-state index in [9.17, 15) is 66.4 Å². The molecule has 0 heterocycles. The van der Waals surface area contributed by atoms with Crippen molar-refractivity contribution < 1.29 is 66.4 Å². The number of hydrogen-bond acceptors (Lipinski definition) is 15. The molecular formula is C27H42N2O13. The van der Waals surface area contributed by atoms with Gasteiger partial charge in [-0.3, -0.25) is 9.80 Å². The van der Waals surface area contributed by atoms with Gasteiger partial charge < -0.3 is 66.4 Å². The predicted molar refractivity (Wildman–Crippen MR) is 143 cm³/mol. The molecule has 0 unspecified atom stereocenters. The molecule has 0 spiro atoms. The zero-order valence-corrected chi connectivity index (χ0v) is 22.6. The van der Waals surface area contributed by atoms with Gasteiger partial charge in [0.2, 0.25) is 0 Å². The lowest BCUT2D eigenvalue weighted by Crippen LogP contribution is -2.64. The van der Waals surface area contributed by atoms with E-state index >= 15 is 0 Å². The van der Waals surface area contributed by atoms with Gasteiger partial charge in [0.25, 0.3) is 0 Å². The Bertz CT molecular complexity index is 878. The normalized spacial score (nSPS) is 47.6. The molecule has 0 saturated heterocycles. The van der Waals surface area contributed by atoms with Crippen LogP contribution in [0.5, 0.6) is 0 Å². The number of aliphatic hydroxyl groups excluding tert-OH is 13. The second-order valence-corrected chi connectivity index (χ2v) is 11.4. The van der Waals surface area contributed by atoms with Gasteiger partial charge in [-0.2, -0.15) is 0 Å². The maximum absolute atomic E-state index is 11.4. The summed E-state index contributed by atoms with van der Waals surface area (Å²) in [6, 6.07) is -4.42. The van der Waals surface area contributed by atoms with E-state index in [4.69, 9.17) is 0 Å². The summed E-state index contributed by atoms with van der Waals surface area (Å²) in [5, 5.41) is 136. The average Bonchev–Trinajstić information content (AvgIpc) is 2.95. The average molecular weight is 603 g/mol. The van der Waals surface area contributed by atoms with Crippen LogP contribution in [0.25, 0.3) is 0 Å². The van der Waals surface area contributed by atoms with E-state index in [0.29, 0.717) is 0 Å². The third kappa shape index (κ3) is 6.56. The molecule has 4 aliphatic carbocycles. The molecule has 0 saturated carbocycles. The fraction of sp³-hybridized carbons (Fsp3) is 0.704. The molecule has 0 amide bonds. The van der Waals surface area contributed by atoms with Crippen molar-refractivity contribution in [2.24, 2.45) is 0 Å². The van der Waals surface area contributed by atoms with Crippen molar-refractivity contribution in [2.75, 3.05) is 13.1 Å². The topological polar surface area (TPSA) is 269 Å². The van der Waals surface area contributed by atoms with Crippen LogP contribution in [-0.2, 0) is 0 Å². The minimum absolute atomic E-state index is 0.379. The van der Waals surface area contributed by atoms with Gasteiger partial charge in [0, 0.05) is 13.1 Å². The van der Waals surface area contributed by atoms with Crippen LogP contribution in [0.4, 0.5) is 0 Å². The van der Waals surface area contributed by atoms with E-state index in [2.05, 4.69) is 0 Å². The fourth-order valence-electron chi connectivity index (χ4n) is 6.09. The molecule has 4 aliphatic rings. The number of aliphatic hydroxyl groups is 13. The maximum atomic E-state index is 11.4. The van der Waals surface area contributed by atoms with Crippen molar-refractivity contribution in [1.82, 2.24) is 9.80 Å². The molecule has 15 heteroatoms. The highest BCUT2D eigenvalue weighted by atomic mass is 16.4. The molecule has 0 aromatic heterocycles. The summed E-state index contributed by atoms with van der Waals surface area (Å²) in [6.07, 6.45) is -9.53. The molecule has 238 valence electrons. The summed E-state index contributed by atoms with van der Waals surface area (Å²) in [4.78, 5) is 2.71. The Morgan fingerprint density at radius 3 is 0.786 bits per heavy atom. The van der Waals surface area contributed by atoms with Crippen LogP contribution < -0.4 is 0 Å². The van der Waals surface area contributed by atoms with Gasteiger partial charge in [0.05, 0.1) is 30.3 Å². The van der Waals surface area contributed by atoms with Gasteiger partial charge in [-0.05, 0) is 0 Å². The zero-order valence-electron chi connectivity index (χ0n) is 22.6. The summed E-state index contributed by atoms with van der Waals surface area (Å²) in [7, 11) is 0. The maximum Gasteiger partial charge on any atom is 0.111 e. The first kappa shape index (κ1) is 33.3. The van der Waals surface area contributed by atoms with Crippen LogP contribution in [0.3, 0.4) is 0 Å². The molecule has 0 fully saturated rings. The Balaban J connectivity index is 1.66. The van der Waals surface area contributed by atoms with E-state index in [1.165, 1.54) is 58.4 Å². The summed E-state index contributed by atoms with van der Waals surface area (Å²) in [5.74, 6) is 0. The van der Waals surface area contributed by atoms with Crippen molar-refractivity contribution in [3.63, 3.8) is 0 Å². The summed E-state index contributed by atoms with van der Waals surface area (Å²) in [5.41, 5.74) is 0. The Hall–Kier alpha value is -1.64. The smallest absolute Gasteiger partial charge is 0.111 e. The first-order valence-electron chi connectivity index (χ1n) is 13.8. The van der Waals surface area contributed by atoms with Gasteiger partial charge >= 0.3 is 0 Å². The van der Waals surface area contributed by atoms with Gasteiger partial charge in [-0.25, -0.2) is 0 Å². The largest absolute Gasteiger partial charge is 0.390 e. The molecule has 0 aliphatic heterocycles. The van der Waals surface area contributed by atoms with Crippen molar-refractivity contribution in [3.8, 4) is 0 Å². The number of hydrogen-bond donors (Lipinski definition) is 13. The molecule has 4 rings (SSSR count). The van der Waals surface area contributed by atoms with Crippen LogP contribution in [0, 0.1) is 0 Å². The fourth-order valence-corrected chi connectivity index (χ4v) is 6.09. The monoisotopic (exact) mass is 602 g/mol. The highest BCUT2D eigenvalue weighted by molar-refractivity contribution is 5.19. The molecule has 15 nitrogen and oxygen atoms in total. The SMILES string of the molecule is OC(CN([C@H]1C=C[C@@H](O)[C@@H](O)[C@@H]1O)[C@H]1C=C[C@@H](O)[C@@H](O)[C@@H]1O)CN([C@H]1C=C[C@@H](O)[C@@H](O)[C@@H]1O)[C@H]1C=C[C@@H](O)[C@@H](O)[C@@H]1O. The first-order chi connectivity index (χ1) is 19.7. The third-order valence-corrected chi connectivity index (χ3v) is 8.60. The quantitative estimate of drug-likeness (QED) is 0.115. The summed E-state index contributed by atoms with van der Waals surface area (Å²) >= 11 is 0. The van der Waals surface area contributed by atoms with Crippen LogP contribution in [-0.4, -0.2) is 193 Å². The third-order valence-electron chi connectivity index (χ3n) is 8.60. The van der Waals surface area contributed by atoms with Crippen molar-refractivity contribution >= 4 is 0 Å². The lowest BCUT2D eigenvalue weighted by molar-refractivity contribution is -0.125. The minimum Gasteiger partial charge on any atom is -0.390 e. The second kappa shape index (κ2) is 13.6. The molecule has 16 atom stereocenters. The second-order valence-electron chi connectivity index (χ2n) is 11.4. The molecule has 0 bridgehead atoms. The Morgan fingerprint density at radius 1 is 0.357 bits per heavy atom. The molecule has 0 aromatic carbocycles. The summed E-state index contributed by atoms with van der Waals surface area (Å²) < 4.78 is 0. The Kier molecular flexibility index (Phi) is 10.7. The highest BCUT2D eigenvalue weighted by Gasteiger charge is 2.46. The van der Waals surface area contributed by atoms with Gasteiger partial charge in [0.15, 0.2) is 0 Å². The van der Waals surface area contributed by atoms with Crippen molar-refractivity contribution in [2.45, 2.75) is 104 Å². The molecule has 42 heavy (non-hydrogen) atoms. The highest BCUT2D eigenvalue weighted by Crippen LogP contribution is 2.29. The lowest BCUT2D eigenvalue weighted by atomic mass is 9.87. The minimum atomic E-state index is -1.62. The van der Waals surface area contributed by atoms with Gasteiger partial charge in [-0.15, -0.1) is 0 Å². The van der Waals surface area contributed by atoms with E-state index in [-0.39, 0.29) is 13.1 Å². The lowest BCUT2D eigenvalue weighted by Gasteiger charge is -2.48. The Morgan fingerprint density at radius 2 is 0.571 bits per heavy atom. The van der Waals surface area contributed by atoms with Gasteiger partial charge in [0.1, 0.15) is 73.2 Å². The van der Waals surface area contributed by atoms with Crippen LogP contribution >= 0.6 is 0 Å². The van der Waals surface area contributed by atoms with Crippen molar-refractivity contribution in [1.29, 1.82) is 0 Å². The van der Waals surface area contributed by atoms with E-state index < -0.39 is 104 Å². The first-order valence-corrected chi connectivity index (χ1v) is 13.8. The molecule has 13 N–H and O–H groups in total. The zero-order chi connectivity index (χ0) is 31.0. The predicted octanol–water partition coefficient (Wildman–Crippen LogP) is -6.96. The number of rotatable bonds is 8. The van der Waals surface area contributed by atoms with E-state index in [1.54, 1.807) is 0 Å². The van der Waals surface area contributed by atoms with Crippen LogP contribution in [0.2, 0.25) is 0 Å². The van der Waals surface area contributed by atoms with E-state index in [0.717, 1.165) is 0 Å². The standard InChI is InChI=1S/C27H42N2O13/c30-11(9-28(12-1-5-16(31)24(39)20(12)35)13-2-6-17(32)25(40)21(13)36)10-29(14-3-7-18(33)26(41)22(14)37)15-4-8-19(34)27(42)23(15)38/h1-8,11-27,30-42H,9-10H2/t12-,13-,14-,15-,16+,17+,18+,19+,20+,21+,22+,23+,24+,25+,26+,27+/m0/s1. The molecular weight excluding hydrogens is 560 g/mol.